The van der Waals surface area contributed by atoms with Gasteiger partial charge in [-0.25, -0.2) is 8.42 Å². The molecule has 0 aromatic heterocycles. The lowest BCUT2D eigenvalue weighted by Crippen LogP contribution is -2.12. The second kappa shape index (κ2) is 12.5. The molecule has 37 heavy (non-hydrogen) atoms. The molecule has 10 heteroatoms. The average molecular weight is 525 g/mol. The lowest BCUT2D eigenvalue weighted by molar-refractivity contribution is -0.111. The first kappa shape index (κ1) is 27.2. The van der Waals surface area contributed by atoms with Crippen molar-refractivity contribution < 1.29 is 32.2 Å². The molecule has 194 valence electrons. The minimum atomic E-state index is -3.95. The third-order valence-corrected chi connectivity index (χ3v) is 6.13. The summed E-state index contributed by atoms with van der Waals surface area (Å²) in [5.74, 6) is 1.22. The van der Waals surface area contributed by atoms with Crippen LogP contribution in [-0.2, 0) is 14.8 Å². The van der Waals surface area contributed by atoms with Crippen LogP contribution in [0.1, 0.15) is 11.1 Å². The van der Waals surface area contributed by atoms with Crippen LogP contribution in [0, 0.1) is 0 Å². The largest absolute Gasteiger partial charge is 0.496 e. The molecule has 0 fully saturated rings. The first-order chi connectivity index (χ1) is 17.8. The Bertz CT molecular complexity index is 1380. The summed E-state index contributed by atoms with van der Waals surface area (Å²) in [6.45, 7) is 0. The molecule has 0 bridgehead atoms. The molecule has 0 saturated heterocycles. The molecule has 3 rings (SSSR count). The van der Waals surface area contributed by atoms with E-state index in [1.165, 1.54) is 52.7 Å². The van der Waals surface area contributed by atoms with Gasteiger partial charge in [-0.15, -0.1) is 0 Å². The molecule has 2 N–H and O–H groups in total. The van der Waals surface area contributed by atoms with Crippen molar-refractivity contribution >= 4 is 39.5 Å². The zero-order valence-corrected chi connectivity index (χ0v) is 21.7. The first-order valence-electron chi connectivity index (χ1n) is 11.0. The van der Waals surface area contributed by atoms with E-state index in [9.17, 15) is 13.2 Å². The fourth-order valence-corrected chi connectivity index (χ4v) is 4.17. The number of carbonyl (C=O) groups is 1. The van der Waals surface area contributed by atoms with Crippen molar-refractivity contribution in [1.29, 1.82) is 0 Å². The Hall–Kier alpha value is -4.44. The van der Waals surface area contributed by atoms with Crippen LogP contribution in [0.3, 0.4) is 0 Å². The van der Waals surface area contributed by atoms with Gasteiger partial charge in [-0.05, 0) is 35.9 Å². The second-order valence-electron chi connectivity index (χ2n) is 7.54. The predicted octanol–water partition coefficient (Wildman–Crippen LogP) is 4.79. The van der Waals surface area contributed by atoms with Gasteiger partial charge in [-0.2, -0.15) is 0 Å². The fraction of sp³-hybridized carbons (Fsp3) is 0.148. The number of carbonyl (C=O) groups excluding carboxylic acids is 1. The maximum atomic E-state index is 12.8. The Kier molecular flexibility index (Phi) is 9.17. The summed E-state index contributed by atoms with van der Waals surface area (Å²) in [4.78, 5) is 12.4. The maximum absolute atomic E-state index is 12.8. The summed E-state index contributed by atoms with van der Waals surface area (Å²) in [6.07, 6.45) is 4.41. The third-order valence-electron chi connectivity index (χ3n) is 5.11. The molecule has 0 heterocycles. The molecule has 0 saturated carbocycles. The fourth-order valence-electron chi connectivity index (χ4n) is 3.33. The van der Waals surface area contributed by atoms with Gasteiger partial charge in [0.1, 0.15) is 23.0 Å². The summed E-state index contributed by atoms with van der Waals surface area (Å²) in [7, 11) is 1.92. The number of rotatable bonds is 11. The summed E-state index contributed by atoms with van der Waals surface area (Å²) >= 11 is 0. The normalized spacial score (nSPS) is 11.4. The van der Waals surface area contributed by atoms with Crippen molar-refractivity contribution in [3.8, 4) is 23.0 Å². The van der Waals surface area contributed by atoms with Crippen LogP contribution in [0.15, 0.2) is 72.1 Å². The zero-order chi connectivity index (χ0) is 26.8. The Balaban J connectivity index is 1.80. The highest BCUT2D eigenvalue weighted by molar-refractivity contribution is 7.95. The van der Waals surface area contributed by atoms with Crippen molar-refractivity contribution in [2.24, 2.45) is 0 Å². The SMILES string of the molecule is COc1cc(OC)c(/C=C/S(=O)(=O)Nc2ccc(OC)c(NC(=O)/C=C\c3ccccc3)c2)c(OC)c1. The molecule has 0 aliphatic rings. The van der Waals surface area contributed by atoms with Gasteiger partial charge in [0.25, 0.3) is 10.0 Å². The monoisotopic (exact) mass is 524 g/mol. The van der Waals surface area contributed by atoms with Crippen LogP contribution >= 0.6 is 0 Å². The average Bonchev–Trinajstić information content (AvgIpc) is 2.90. The molecule has 9 nitrogen and oxygen atoms in total. The summed E-state index contributed by atoms with van der Waals surface area (Å²) < 4.78 is 49.3. The quantitative estimate of drug-likeness (QED) is 0.347. The number of methoxy groups -OCH3 is 4. The number of ether oxygens (including phenoxy) is 4. The van der Waals surface area contributed by atoms with Crippen LogP contribution in [0.25, 0.3) is 12.2 Å². The van der Waals surface area contributed by atoms with Crippen molar-refractivity contribution in [2.45, 2.75) is 0 Å². The van der Waals surface area contributed by atoms with Crippen molar-refractivity contribution in [1.82, 2.24) is 0 Å². The van der Waals surface area contributed by atoms with Crippen molar-refractivity contribution in [2.75, 3.05) is 38.5 Å². The highest BCUT2D eigenvalue weighted by Gasteiger charge is 2.14. The predicted molar refractivity (Wildman–Crippen MR) is 145 cm³/mol. The first-order valence-corrected chi connectivity index (χ1v) is 12.6. The van der Waals surface area contributed by atoms with E-state index in [-0.39, 0.29) is 5.69 Å². The van der Waals surface area contributed by atoms with E-state index in [1.807, 2.05) is 30.3 Å². The number of hydrogen-bond acceptors (Lipinski definition) is 7. The van der Waals surface area contributed by atoms with Crippen LogP contribution < -0.4 is 29.0 Å². The number of hydrogen-bond donors (Lipinski definition) is 2. The van der Waals surface area contributed by atoms with Gasteiger partial charge in [0.15, 0.2) is 0 Å². The summed E-state index contributed by atoms with van der Waals surface area (Å²) in [5.41, 5.74) is 1.81. The van der Waals surface area contributed by atoms with Crippen molar-refractivity contribution in [3.05, 3.63) is 83.3 Å². The number of anilines is 2. The maximum Gasteiger partial charge on any atom is 0.255 e. The van der Waals surface area contributed by atoms with E-state index in [0.29, 0.717) is 34.2 Å². The van der Waals surface area contributed by atoms with Crippen molar-refractivity contribution in [3.63, 3.8) is 0 Å². The van der Waals surface area contributed by atoms with E-state index in [4.69, 9.17) is 18.9 Å². The van der Waals surface area contributed by atoms with Gasteiger partial charge >= 0.3 is 0 Å². The Morgan fingerprint density at radius 3 is 2.03 bits per heavy atom. The van der Waals surface area contributed by atoms with Gasteiger partial charge in [-0.1, -0.05) is 30.3 Å². The molecule has 3 aromatic rings. The van der Waals surface area contributed by atoms with E-state index in [1.54, 1.807) is 24.3 Å². The number of nitrogens with one attached hydrogen (secondary N) is 2. The Labute approximate surface area is 216 Å². The molecule has 0 spiro atoms. The molecule has 0 aliphatic carbocycles. The molecule has 1 amide bonds. The topological polar surface area (TPSA) is 112 Å². The standard InChI is InChI=1S/C27H28N2O7S/c1-33-21-17-25(35-3)22(26(18-21)36-4)14-15-37(31,32)29-20-11-12-24(34-2)23(16-20)28-27(30)13-10-19-8-6-5-7-9-19/h5-18,29H,1-4H3,(H,28,30)/b13-10-,15-14+. The van der Waals surface area contributed by atoms with Gasteiger partial charge in [0, 0.05) is 18.2 Å². The molecular formula is C27H28N2O7S. The molecule has 0 aliphatic heterocycles. The van der Waals surface area contributed by atoms with E-state index >= 15 is 0 Å². The van der Waals surface area contributed by atoms with Crippen LogP contribution in [0.2, 0.25) is 0 Å². The lowest BCUT2D eigenvalue weighted by Gasteiger charge is -2.13. The van der Waals surface area contributed by atoms with E-state index in [0.717, 1.165) is 11.0 Å². The van der Waals surface area contributed by atoms with Gasteiger partial charge < -0.3 is 24.3 Å². The number of sulfonamides is 1. The minimum Gasteiger partial charge on any atom is -0.496 e. The van der Waals surface area contributed by atoms with Crippen LogP contribution in [-0.4, -0.2) is 42.8 Å². The third kappa shape index (κ3) is 7.52. The molecule has 0 radical (unpaired) electrons. The van der Waals surface area contributed by atoms with Gasteiger partial charge in [-0.3, -0.25) is 9.52 Å². The Morgan fingerprint density at radius 1 is 0.784 bits per heavy atom. The highest BCUT2D eigenvalue weighted by Crippen LogP contribution is 2.35. The lowest BCUT2D eigenvalue weighted by atomic mass is 10.1. The molecule has 0 atom stereocenters. The number of amides is 1. The van der Waals surface area contributed by atoms with Gasteiger partial charge in [0.05, 0.1) is 50.8 Å². The summed E-state index contributed by atoms with van der Waals surface area (Å²) in [5, 5.41) is 3.70. The second-order valence-corrected chi connectivity index (χ2v) is 9.11. The number of benzene rings is 3. The summed E-state index contributed by atoms with van der Waals surface area (Å²) in [6, 6.07) is 17.1. The smallest absolute Gasteiger partial charge is 0.255 e. The van der Waals surface area contributed by atoms with Crippen LogP contribution in [0.5, 0.6) is 23.0 Å². The zero-order valence-electron chi connectivity index (χ0n) is 20.8. The molecule has 3 aromatic carbocycles. The Morgan fingerprint density at radius 2 is 1.43 bits per heavy atom. The highest BCUT2D eigenvalue weighted by atomic mass is 32.2. The van der Waals surface area contributed by atoms with E-state index in [2.05, 4.69) is 10.0 Å². The van der Waals surface area contributed by atoms with E-state index < -0.39 is 15.9 Å². The minimum absolute atomic E-state index is 0.224. The molecule has 0 unspecified atom stereocenters. The van der Waals surface area contributed by atoms with Crippen LogP contribution in [0.4, 0.5) is 11.4 Å². The van der Waals surface area contributed by atoms with Gasteiger partial charge in [0.2, 0.25) is 5.91 Å². The molecular weight excluding hydrogens is 496 g/mol.